The summed E-state index contributed by atoms with van der Waals surface area (Å²) in [6, 6.07) is 10.6. The molecule has 19 heavy (non-hydrogen) atoms. The Labute approximate surface area is 115 Å². The van der Waals surface area contributed by atoms with Gasteiger partial charge in [-0.2, -0.15) is 0 Å². The molecule has 1 aliphatic heterocycles. The Balaban J connectivity index is 1.74. The van der Waals surface area contributed by atoms with Crippen molar-refractivity contribution < 1.29 is 9.53 Å². The first-order valence-corrected chi connectivity index (χ1v) is 7.22. The Morgan fingerprint density at radius 2 is 2.16 bits per heavy atom. The molecule has 0 unspecified atom stereocenters. The van der Waals surface area contributed by atoms with Crippen LogP contribution in [0, 0.1) is 0 Å². The van der Waals surface area contributed by atoms with Crippen molar-refractivity contribution in [3.8, 4) is 0 Å². The molecular weight excluding hydrogens is 238 g/mol. The zero-order chi connectivity index (χ0) is 13.5. The average Bonchev–Trinajstić information content (AvgIpc) is 2.88. The minimum Gasteiger partial charge on any atom is -0.465 e. The zero-order valence-corrected chi connectivity index (χ0v) is 11.7. The van der Waals surface area contributed by atoms with Crippen molar-refractivity contribution >= 4 is 5.97 Å². The smallest absolute Gasteiger partial charge is 0.320 e. The van der Waals surface area contributed by atoms with E-state index in [0.29, 0.717) is 19.1 Å². The fourth-order valence-electron chi connectivity index (χ4n) is 2.53. The lowest BCUT2D eigenvalue weighted by Gasteiger charge is -2.15. The standard InChI is InChI=1S/C16H23NO2/c1-2-3-11-19-16(18)13-17-10-9-15(12-17)14-7-5-4-6-8-14/h4-8,15H,2-3,9-13H2,1H3/t15-/m1/s1. The quantitative estimate of drug-likeness (QED) is 0.582. The highest BCUT2D eigenvalue weighted by Crippen LogP contribution is 2.26. The summed E-state index contributed by atoms with van der Waals surface area (Å²) in [6.45, 7) is 5.05. The van der Waals surface area contributed by atoms with E-state index in [1.165, 1.54) is 5.56 Å². The Morgan fingerprint density at radius 1 is 1.37 bits per heavy atom. The molecule has 3 nitrogen and oxygen atoms in total. The number of unbranched alkanes of at least 4 members (excludes halogenated alkanes) is 1. The number of hydrogen-bond acceptors (Lipinski definition) is 3. The number of benzene rings is 1. The van der Waals surface area contributed by atoms with Crippen LogP contribution in [0.25, 0.3) is 0 Å². The molecule has 1 atom stereocenters. The van der Waals surface area contributed by atoms with Crippen molar-refractivity contribution in [2.24, 2.45) is 0 Å². The highest BCUT2D eigenvalue weighted by Gasteiger charge is 2.25. The number of esters is 1. The maximum absolute atomic E-state index is 11.7. The van der Waals surface area contributed by atoms with E-state index in [1.807, 2.05) is 6.07 Å². The number of nitrogens with zero attached hydrogens (tertiary/aromatic N) is 1. The largest absolute Gasteiger partial charge is 0.465 e. The van der Waals surface area contributed by atoms with E-state index in [9.17, 15) is 4.79 Å². The van der Waals surface area contributed by atoms with Crippen molar-refractivity contribution in [3.63, 3.8) is 0 Å². The Bertz CT molecular complexity index is 391. The Morgan fingerprint density at radius 3 is 2.89 bits per heavy atom. The van der Waals surface area contributed by atoms with Gasteiger partial charge in [0, 0.05) is 6.54 Å². The third-order valence-electron chi connectivity index (χ3n) is 3.66. The zero-order valence-electron chi connectivity index (χ0n) is 11.7. The van der Waals surface area contributed by atoms with E-state index in [1.54, 1.807) is 0 Å². The first kappa shape index (κ1) is 14.1. The molecule has 0 aromatic heterocycles. The molecule has 1 heterocycles. The van der Waals surface area contributed by atoms with Gasteiger partial charge in [-0.05, 0) is 30.9 Å². The van der Waals surface area contributed by atoms with Crippen LogP contribution in [0.4, 0.5) is 0 Å². The maximum atomic E-state index is 11.7. The molecule has 0 spiro atoms. The van der Waals surface area contributed by atoms with Gasteiger partial charge in [0.2, 0.25) is 0 Å². The summed E-state index contributed by atoms with van der Waals surface area (Å²) < 4.78 is 5.20. The molecule has 3 heteroatoms. The minimum absolute atomic E-state index is 0.0813. The number of carbonyl (C=O) groups is 1. The third kappa shape index (κ3) is 4.35. The van der Waals surface area contributed by atoms with E-state index in [4.69, 9.17) is 4.74 Å². The molecule has 0 aliphatic carbocycles. The molecule has 104 valence electrons. The molecule has 0 radical (unpaired) electrons. The van der Waals surface area contributed by atoms with Gasteiger partial charge < -0.3 is 4.74 Å². The summed E-state index contributed by atoms with van der Waals surface area (Å²) in [7, 11) is 0. The topological polar surface area (TPSA) is 29.5 Å². The lowest BCUT2D eigenvalue weighted by Crippen LogP contribution is -2.29. The SMILES string of the molecule is CCCCOC(=O)CN1CC[C@@H](c2ccccc2)C1. The van der Waals surface area contributed by atoms with Gasteiger partial charge in [-0.3, -0.25) is 9.69 Å². The predicted octanol–water partition coefficient (Wildman–Crippen LogP) is 2.82. The normalized spacial score (nSPS) is 19.5. The predicted molar refractivity (Wildman–Crippen MR) is 76.1 cm³/mol. The average molecular weight is 261 g/mol. The summed E-state index contributed by atoms with van der Waals surface area (Å²) in [5.74, 6) is 0.479. The molecule has 1 aliphatic rings. The van der Waals surface area contributed by atoms with E-state index in [0.717, 1.165) is 32.4 Å². The van der Waals surface area contributed by atoms with Crippen LogP contribution in [0.2, 0.25) is 0 Å². The molecule has 2 rings (SSSR count). The van der Waals surface area contributed by atoms with Gasteiger partial charge >= 0.3 is 5.97 Å². The maximum Gasteiger partial charge on any atom is 0.320 e. The number of ether oxygens (including phenoxy) is 1. The second-order valence-electron chi connectivity index (χ2n) is 5.21. The van der Waals surface area contributed by atoms with Crippen LogP contribution in [0.5, 0.6) is 0 Å². The Kier molecular flexibility index (Phi) is 5.40. The van der Waals surface area contributed by atoms with Crippen LogP contribution in [-0.4, -0.2) is 37.1 Å². The van der Waals surface area contributed by atoms with Crippen LogP contribution in [0.1, 0.15) is 37.7 Å². The molecule has 0 amide bonds. The van der Waals surface area contributed by atoms with Crippen molar-refractivity contribution in [3.05, 3.63) is 35.9 Å². The van der Waals surface area contributed by atoms with Gasteiger partial charge in [-0.1, -0.05) is 43.7 Å². The fourth-order valence-corrected chi connectivity index (χ4v) is 2.53. The van der Waals surface area contributed by atoms with E-state index in [2.05, 4.69) is 36.1 Å². The van der Waals surface area contributed by atoms with Crippen molar-refractivity contribution in [2.75, 3.05) is 26.2 Å². The van der Waals surface area contributed by atoms with Gasteiger partial charge in [-0.25, -0.2) is 0 Å². The van der Waals surface area contributed by atoms with E-state index < -0.39 is 0 Å². The lowest BCUT2D eigenvalue weighted by molar-refractivity contribution is -0.144. The third-order valence-corrected chi connectivity index (χ3v) is 3.66. The van der Waals surface area contributed by atoms with Crippen LogP contribution in [0.3, 0.4) is 0 Å². The molecule has 0 N–H and O–H groups in total. The second-order valence-corrected chi connectivity index (χ2v) is 5.21. The summed E-state index contributed by atoms with van der Waals surface area (Å²) in [5.41, 5.74) is 1.38. The summed E-state index contributed by atoms with van der Waals surface area (Å²) in [4.78, 5) is 13.9. The number of rotatable bonds is 6. The van der Waals surface area contributed by atoms with Gasteiger partial charge in [0.15, 0.2) is 0 Å². The van der Waals surface area contributed by atoms with Gasteiger partial charge in [-0.15, -0.1) is 0 Å². The van der Waals surface area contributed by atoms with Crippen LogP contribution >= 0.6 is 0 Å². The van der Waals surface area contributed by atoms with Crippen molar-refractivity contribution in [1.29, 1.82) is 0 Å². The van der Waals surface area contributed by atoms with E-state index in [-0.39, 0.29) is 5.97 Å². The summed E-state index contributed by atoms with van der Waals surface area (Å²) in [5, 5.41) is 0. The monoisotopic (exact) mass is 261 g/mol. The number of hydrogen-bond donors (Lipinski definition) is 0. The lowest BCUT2D eigenvalue weighted by atomic mass is 9.99. The Hall–Kier alpha value is -1.35. The molecule has 1 saturated heterocycles. The van der Waals surface area contributed by atoms with Crippen LogP contribution in [0.15, 0.2) is 30.3 Å². The number of likely N-dealkylation sites (tertiary alicyclic amines) is 1. The van der Waals surface area contributed by atoms with Crippen LogP contribution < -0.4 is 0 Å². The number of carbonyl (C=O) groups excluding carboxylic acids is 1. The summed E-state index contributed by atoms with van der Waals surface area (Å²) in [6.07, 6.45) is 3.15. The van der Waals surface area contributed by atoms with Gasteiger partial charge in [0.25, 0.3) is 0 Å². The first-order chi connectivity index (χ1) is 9.29. The van der Waals surface area contributed by atoms with Crippen LogP contribution in [-0.2, 0) is 9.53 Å². The molecule has 1 aromatic rings. The van der Waals surface area contributed by atoms with Gasteiger partial charge in [0.05, 0.1) is 13.2 Å². The van der Waals surface area contributed by atoms with Crippen molar-refractivity contribution in [1.82, 2.24) is 4.90 Å². The molecule has 0 saturated carbocycles. The second kappa shape index (κ2) is 7.29. The molecular formula is C16H23NO2. The highest BCUT2D eigenvalue weighted by molar-refractivity contribution is 5.71. The highest BCUT2D eigenvalue weighted by atomic mass is 16.5. The fraction of sp³-hybridized carbons (Fsp3) is 0.562. The summed E-state index contributed by atoms with van der Waals surface area (Å²) >= 11 is 0. The van der Waals surface area contributed by atoms with E-state index >= 15 is 0 Å². The van der Waals surface area contributed by atoms with Crippen molar-refractivity contribution in [2.45, 2.75) is 32.1 Å². The molecule has 1 fully saturated rings. The first-order valence-electron chi connectivity index (χ1n) is 7.22. The molecule has 0 bridgehead atoms. The minimum atomic E-state index is -0.0813. The molecule has 1 aromatic carbocycles. The van der Waals surface area contributed by atoms with Gasteiger partial charge in [0.1, 0.15) is 0 Å².